The first kappa shape index (κ1) is 14.2. The monoisotopic (exact) mass is 290 g/mol. The Labute approximate surface area is 122 Å². The van der Waals surface area contributed by atoms with Crippen LogP contribution in [0.15, 0.2) is 24.3 Å². The molecule has 2 N–H and O–H groups in total. The lowest BCUT2D eigenvalue weighted by Crippen LogP contribution is -2.07. The van der Waals surface area contributed by atoms with Gasteiger partial charge in [0.25, 0.3) is 5.88 Å². The van der Waals surface area contributed by atoms with Crippen molar-refractivity contribution in [2.45, 2.75) is 26.5 Å². The number of nitrogens with two attached hydrogens (primary N) is 1. The van der Waals surface area contributed by atoms with Crippen molar-refractivity contribution >= 4 is 17.4 Å². The second-order valence-electron chi connectivity index (χ2n) is 4.63. The molecule has 0 radical (unpaired) electrons. The molecule has 2 rings (SSSR count). The van der Waals surface area contributed by atoms with Gasteiger partial charge in [-0.05, 0) is 31.5 Å². The fourth-order valence-corrected chi connectivity index (χ4v) is 1.88. The number of anilines is 1. The molecule has 0 aliphatic heterocycles. The second-order valence-corrected chi connectivity index (χ2v) is 5.07. The summed E-state index contributed by atoms with van der Waals surface area (Å²) in [6, 6.07) is 9.38. The molecule has 0 amide bonds. The molecule has 6 heteroatoms. The summed E-state index contributed by atoms with van der Waals surface area (Å²) in [5.41, 5.74) is 7.10. The van der Waals surface area contributed by atoms with E-state index in [4.69, 9.17) is 27.3 Å². The summed E-state index contributed by atoms with van der Waals surface area (Å²) in [4.78, 5) is 0. The van der Waals surface area contributed by atoms with Crippen molar-refractivity contribution < 1.29 is 4.74 Å². The van der Waals surface area contributed by atoms with Crippen molar-refractivity contribution in [3.63, 3.8) is 0 Å². The Morgan fingerprint density at radius 1 is 1.40 bits per heavy atom. The van der Waals surface area contributed by atoms with Gasteiger partial charge < -0.3 is 10.5 Å². The Balaban J connectivity index is 2.19. The van der Waals surface area contributed by atoms with Gasteiger partial charge in [-0.3, -0.25) is 0 Å². The molecule has 0 saturated carbocycles. The summed E-state index contributed by atoms with van der Waals surface area (Å²) in [5.74, 6) is 0.585. The number of halogens is 1. The van der Waals surface area contributed by atoms with E-state index in [1.165, 1.54) is 0 Å². The largest absolute Gasteiger partial charge is 0.471 e. The zero-order chi connectivity index (χ0) is 14.7. The SMILES string of the molecule is CC(C)n1nc(OCc2ccc(Cl)cc2)c(C#N)c1N. The van der Waals surface area contributed by atoms with Gasteiger partial charge in [-0.25, -0.2) is 4.68 Å². The summed E-state index contributed by atoms with van der Waals surface area (Å²) in [5, 5.41) is 14.0. The van der Waals surface area contributed by atoms with Gasteiger partial charge in [0.1, 0.15) is 18.5 Å². The van der Waals surface area contributed by atoms with Gasteiger partial charge in [-0.2, -0.15) is 5.26 Å². The smallest absolute Gasteiger partial charge is 0.253 e. The van der Waals surface area contributed by atoms with Gasteiger partial charge in [0, 0.05) is 11.1 Å². The van der Waals surface area contributed by atoms with Gasteiger partial charge in [-0.15, -0.1) is 5.10 Å². The van der Waals surface area contributed by atoms with Crippen LogP contribution >= 0.6 is 11.6 Å². The van der Waals surface area contributed by atoms with E-state index in [9.17, 15) is 0 Å². The average Bonchev–Trinajstić information content (AvgIpc) is 2.74. The lowest BCUT2D eigenvalue weighted by molar-refractivity contribution is 0.287. The molecule has 0 aliphatic rings. The van der Waals surface area contributed by atoms with Crippen LogP contribution in [-0.2, 0) is 6.61 Å². The molecule has 20 heavy (non-hydrogen) atoms. The van der Waals surface area contributed by atoms with Crippen LogP contribution in [0, 0.1) is 11.3 Å². The van der Waals surface area contributed by atoms with E-state index in [0.717, 1.165) is 5.56 Å². The quantitative estimate of drug-likeness (QED) is 0.938. The number of nitriles is 1. The lowest BCUT2D eigenvalue weighted by Gasteiger charge is -2.06. The Hall–Kier alpha value is -2.19. The van der Waals surface area contributed by atoms with Crippen molar-refractivity contribution in [2.75, 3.05) is 5.73 Å². The highest BCUT2D eigenvalue weighted by atomic mass is 35.5. The average molecular weight is 291 g/mol. The predicted octanol–water partition coefficient (Wildman–Crippen LogP) is 3.15. The Bertz CT molecular complexity index is 640. The maximum Gasteiger partial charge on any atom is 0.253 e. The summed E-state index contributed by atoms with van der Waals surface area (Å²) in [6.07, 6.45) is 0. The third-order valence-electron chi connectivity index (χ3n) is 2.81. The molecular weight excluding hydrogens is 276 g/mol. The predicted molar refractivity (Wildman–Crippen MR) is 77.5 cm³/mol. The standard InChI is InChI=1S/C14H15ClN4O/c1-9(2)19-13(17)12(7-16)14(18-19)20-8-10-3-5-11(15)6-4-10/h3-6,9H,8,17H2,1-2H3. The highest BCUT2D eigenvalue weighted by Crippen LogP contribution is 2.26. The van der Waals surface area contributed by atoms with E-state index in [-0.39, 0.29) is 17.5 Å². The summed E-state index contributed by atoms with van der Waals surface area (Å²) >= 11 is 5.82. The van der Waals surface area contributed by atoms with Crippen molar-refractivity contribution in [3.8, 4) is 11.9 Å². The molecule has 0 atom stereocenters. The van der Waals surface area contributed by atoms with E-state index in [0.29, 0.717) is 17.4 Å². The third kappa shape index (κ3) is 2.86. The van der Waals surface area contributed by atoms with Crippen LogP contribution in [0.3, 0.4) is 0 Å². The summed E-state index contributed by atoms with van der Waals surface area (Å²) in [6.45, 7) is 4.18. The van der Waals surface area contributed by atoms with E-state index in [1.807, 2.05) is 32.0 Å². The minimum Gasteiger partial charge on any atom is -0.471 e. The summed E-state index contributed by atoms with van der Waals surface area (Å²) < 4.78 is 7.17. The maximum absolute atomic E-state index is 9.15. The highest BCUT2D eigenvalue weighted by Gasteiger charge is 2.18. The molecule has 0 spiro atoms. The number of rotatable bonds is 4. The van der Waals surface area contributed by atoms with Crippen LogP contribution < -0.4 is 10.5 Å². The van der Waals surface area contributed by atoms with Crippen molar-refractivity contribution in [1.82, 2.24) is 9.78 Å². The fraction of sp³-hybridized carbons (Fsp3) is 0.286. The zero-order valence-corrected chi connectivity index (χ0v) is 12.1. The Morgan fingerprint density at radius 3 is 2.60 bits per heavy atom. The zero-order valence-electron chi connectivity index (χ0n) is 11.3. The van der Waals surface area contributed by atoms with Gasteiger partial charge in [0.2, 0.25) is 0 Å². The lowest BCUT2D eigenvalue weighted by atomic mass is 10.2. The molecule has 1 aromatic heterocycles. The number of nitrogens with zero attached hydrogens (tertiary/aromatic N) is 3. The molecular formula is C14H15ClN4O. The summed E-state index contributed by atoms with van der Waals surface area (Å²) in [7, 11) is 0. The molecule has 104 valence electrons. The molecule has 0 unspecified atom stereocenters. The normalized spacial score (nSPS) is 10.6. The minimum atomic E-state index is 0.0648. The van der Waals surface area contributed by atoms with Gasteiger partial charge in [-0.1, -0.05) is 23.7 Å². The Kier molecular flexibility index (Phi) is 4.16. The molecule has 1 aromatic carbocycles. The first-order chi connectivity index (χ1) is 9.52. The molecule has 1 heterocycles. The molecule has 5 nitrogen and oxygen atoms in total. The first-order valence-corrected chi connectivity index (χ1v) is 6.56. The number of ether oxygens (including phenoxy) is 1. The number of hydrogen-bond acceptors (Lipinski definition) is 4. The molecule has 0 bridgehead atoms. The maximum atomic E-state index is 9.15. The van der Waals surface area contributed by atoms with E-state index in [2.05, 4.69) is 5.10 Å². The number of aromatic nitrogens is 2. The molecule has 0 saturated heterocycles. The van der Waals surface area contributed by atoms with Crippen LogP contribution in [0.4, 0.5) is 5.82 Å². The van der Waals surface area contributed by atoms with Crippen LogP contribution in [0.25, 0.3) is 0 Å². The molecule has 0 aliphatic carbocycles. The minimum absolute atomic E-state index is 0.0648. The van der Waals surface area contributed by atoms with Crippen LogP contribution in [0.1, 0.15) is 31.0 Å². The van der Waals surface area contributed by atoms with E-state index >= 15 is 0 Å². The Morgan fingerprint density at radius 2 is 2.05 bits per heavy atom. The van der Waals surface area contributed by atoms with Crippen molar-refractivity contribution in [3.05, 3.63) is 40.4 Å². The van der Waals surface area contributed by atoms with Crippen LogP contribution in [0.5, 0.6) is 5.88 Å². The van der Waals surface area contributed by atoms with Gasteiger partial charge >= 0.3 is 0 Å². The van der Waals surface area contributed by atoms with Crippen molar-refractivity contribution in [1.29, 1.82) is 5.26 Å². The van der Waals surface area contributed by atoms with Gasteiger partial charge in [0.05, 0.1) is 0 Å². The highest BCUT2D eigenvalue weighted by molar-refractivity contribution is 6.30. The topological polar surface area (TPSA) is 76.9 Å². The number of benzene rings is 1. The van der Waals surface area contributed by atoms with Crippen LogP contribution in [-0.4, -0.2) is 9.78 Å². The number of hydrogen-bond donors (Lipinski definition) is 1. The molecule has 0 fully saturated rings. The van der Waals surface area contributed by atoms with Crippen LogP contribution in [0.2, 0.25) is 5.02 Å². The number of nitrogen functional groups attached to an aromatic ring is 1. The van der Waals surface area contributed by atoms with E-state index < -0.39 is 0 Å². The fourth-order valence-electron chi connectivity index (χ4n) is 1.76. The van der Waals surface area contributed by atoms with Crippen molar-refractivity contribution in [2.24, 2.45) is 0 Å². The van der Waals surface area contributed by atoms with E-state index in [1.54, 1.807) is 16.8 Å². The third-order valence-corrected chi connectivity index (χ3v) is 3.06. The second kappa shape index (κ2) is 5.85. The first-order valence-electron chi connectivity index (χ1n) is 6.18. The molecule has 2 aromatic rings. The van der Waals surface area contributed by atoms with Gasteiger partial charge in [0.15, 0.2) is 5.56 Å².